The Morgan fingerprint density at radius 3 is 2.39 bits per heavy atom. The van der Waals surface area contributed by atoms with E-state index in [4.69, 9.17) is 4.43 Å². The number of nitriles is 1. The average molecular weight is 279 g/mol. The van der Waals surface area contributed by atoms with Gasteiger partial charge in [-0.15, -0.1) is 0 Å². The van der Waals surface area contributed by atoms with E-state index in [0.29, 0.717) is 5.75 Å². The Bertz CT molecular complexity index is 410. The molecule has 0 aliphatic carbocycles. The zero-order chi connectivity index (χ0) is 13.6. The third kappa shape index (κ3) is 5.72. The average Bonchev–Trinajstić information content (AvgIpc) is 2.28. The molecular weight excluding hydrogens is 258 g/mol. The molecule has 0 amide bonds. The lowest BCUT2D eigenvalue weighted by Crippen LogP contribution is -2.41. The number of hydrogen-bond acceptors (Lipinski definition) is 3. The molecule has 0 spiro atoms. The van der Waals surface area contributed by atoms with Crippen molar-refractivity contribution in [3.63, 3.8) is 0 Å². The zero-order valence-electron chi connectivity index (χ0n) is 11.6. The molecule has 0 fully saturated rings. The molecule has 98 valence electrons. The molecule has 0 radical (unpaired) electrons. The minimum absolute atomic E-state index is 0.663. The number of nitrogens with zero attached hydrogens (tertiary/aromatic N) is 1. The minimum Gasteiger partial charge on any atom is -0.399 e. The highest BCUT2D eigenvalue weighted by Crippen LogP contribution is 2.24. The predicted molar refractivity (Wildman–Crippen MR) is 81.1 cm³/mol. The van der Waals surface area contributed by atoms with Gasteiger partial charge in [-0.2, -0.15) is 17.0 Å². The molecule has 0 aromatic heterocycles. The van der Waals surface area contributed by atoms with Crippen molar-refractivity contribution in [2.24, 2.45) is 0 Å². The molecule has 0 bridgehead atoms. The Labute approximate surface area is 115 Å². The van der Waals surface area contributed by atoms with Gasteiger partial charge in [-0.1, -0.05) is 30.3 Å². The summed E-state index contributed by atoms with van der Waals surface area (Å²) in [6.07, 6.45) is 0. The van der Waals surface area contributed by atoms with Gasteiger partial charge in [-0.3, -0.25) is 0 Å². The van der Waals surface area contributed by atoms with Crippen molar-refractivity contribution >= 4 is 20.1 Å². The van der Waals surface area contributed by atoms with E-state index in [1.165, 1.54) is 5.56 Å². The number of benzene rings is 1. The molecule has 0 aliphatic heterocycles. The van der Waals surface area contributed by atoms with Gasteiger partial charge >= 0.3 is 0 Å². The topological polar surface area (TPSA) is 33.0 Å². The Balaban J connectivity index is 2.48. The standard InChI is InChI=1S/C14H21NOSSi/c1-14(11-15,16-18(2,3)4)12-17-10-13-8-6-5-7-9-13/h5-9H,10,12H2,1-4H3/t14-/m0/s1. The summed E-state index contributed by atoms with van der Waals surface area (Å²) < 4.78 is 5.97. The van der Waals surface area contributed by atoms with Gasteiger partial charge < -0.3 is 4.43 Å². The van der Waals surface area contributed by atoms with Gasteiger partial charge in [0.15, 0.2) is 8.32 Å². The van der Waals surface area contributed by atoms with E-state index in [9.17, 15) is 5.26 Å². The van der Waals surface area contributed by atoms with Crippen LogP contribution in [0.3, 0.4) is 0 Å². The van der Waals surface area contributed by atoms with E-state index in [2.05, 4.69) is 37.8 Å². The van der Waals surface area contributed by atoms with Gasteiger partial charge in [-0.25, -0.2) is 0 Å². The summed E-state index contributed by atoms with van der Waals surface area (Å²) in [6, 6.07) is 12.6. The molecule has 0 saturated carbocycles. The molecule has 4 heteroatoms. The van der Waals surface area contributed by atoms with Crippen LogP contribution < -0.4 is 0 Å². The van der Waals surface area contributed by atoms with Crippen molar-refractivity contribution in [3.05, 3.63) is 35.9 Å². The SMILES string of the molecule is C[C@](C#N)(CSCc1ccccc1)O[Si](C)(C)C. The summed E-state index contributed by atoms with van der Waals surface area (Å²) in [4.78, 5) is 0. The van der Waals surface area contributed by atoms with Crippen molar-refractivity contribution < 1.29 is 4.43 Å². The largest absolute Gasteiger partial charge is 0.399 e. The van der Waals surface area contributed by atoms with Crippen LogP contribution in [0.15, 0.2) is 30.3 Å². The summed E-state index contributed by atoms with van der Waals surface area (Å²) in [5.74, 6) is 1.63. The third-order valence-corrected chi connectivity index (χ3v) is 4.61. The normalized spacial score (nSPS) is 14.8. The fourth-order valence-corrected chi connectivity index (χ4v) is 4.32. The smallest absolute Gasteiger partial charge is 0.185 e. The van der Waals surface area contributed by atoms with Gasteiger partial charge in [0, 0.05) is 11.5 Å². The molecule has 1 aromatic carbocycles. The molecule has 0 heterocycles. The first-order valence-electron chi connectivity index (χ1n) is 6.08. The van der Waals surface area contributed by atoms with Gasteiger partial charge in [0.25, 0.3) is 0 Å². The summed E-state index contributed by atoms with van der Waals surface area (Å²) in [6.45, 7) is 8.24. The Morgan fingerprint density at radius 1 is 1.28 bits per heavy atom. The highest BCUT2D eigenvalue weighted by Gasteiger charge is 2.31. The van der Waals surface area contributed by atoms with Crippen LogP contribution in [-0.4, -0.2) is 19.7 Å². The molecule has 0 N–H and O–H groups in total. The molecule has 2 nitrogen and oxygen atoms in total. The summed E-state index contributed by atoms with van der Waals surface area (Å²) >= 11 is 1.75. The second-order valence-electron chi connectivity index (χ2n) is 5.54. The molecule has 0 aliphatic rings. The number of hydrogen-bond donors (Lipinski definition) is 0. The van der Waals surface area contributed by atoms with Crippen LogP contribution in [0.1, 0.15) is 12.5 Å². The maximum absolute atomic E-state index is 9.28. The molecule has 1 atom stereocenters. The molecule has 18 heavy (non-hydrogen) atoms. The summed E-state index contributed by atoms with van der Waals surface area (Å²) in [7, 11) is -1.68. The van der Waals surface area contributed by atoms with E-state index in [-0.39, 0.29) is 0 Å². The van der Waals surface area contributed by atoms with Crippen LogP contribution in [0.2, 0.25) is 19.6 Å². The molecule has 0 unspecified atom stereocenters. The monoisotopic (exact) mass is 279 g/mol. The second kappa shape index (κ2) is 6.42. The first-order chi connectivity index (χ1) is 8.35. The van der Waals surface area contributed by atoms with Crippen LogP contribution >= 0.6 is 11.8 Å². The van der Waals surface area contributed by atoms with Crippen molar-refractivity contribution in [2.75, 3.05) is 5.75 Å². The van der Waals surface area contributed by atoms with E-state index >= 15 is 0 Å². The Kier molecular flexibility index (Phi) is 5.45. The maximum atomic E-state index is 9.28. The lowest BCUT2D eigenvalue weighted by Gasteiger charge is -2.30. The van der Waals surface area contributed by atoms with Crippen LogP contribution in [0.25, 0.3) is 0 Å². The predicted octanol–water partition coefficient (Wildman–Crippen LogP) is 4.05. The van der Waals surface area contributed by atoms with Crippen molar-refractivity contribution in [3.8, 4) is 6.07 Å². The Morgan fingerprint density at radius 2 is 1.89 bits per heavy atom. The Hall–Kier alpha value is -0.763. The lowest BCUT2D eigenvalue weighted by atomic mass is 10.2. The first-order valence-corrected chi connectivity index (χ1v) is 10.6. The quantitative estimate of drug-likeness (QED) is 0.736. The van der Waals surface area contributed by atoms with Crippen LogP contribution in [0, 0.1) is 11.3 Å². The molecule has 0 saturated heterocycles. The number of rotatable bonds is 6. The van der Waals surface area contributed by atoms with E-state index in [0.717, 1.165) is 5.75 Å². The zero-order valence-corrected chi connectivity index (χ0v) is 13.4. The fraction of sp³-hybridized carbons (Fsp3) is 0.500. The van der Waals surface area contributed by atoms with Gasteiger partial charge in [0.1, 0.15) is 5.60 Å². The van der Waals surface area contributed by atoms with Crippen LogP contribution in [0.5, 0.6) is 0 Å². The van der Waals surface area contributed by atoms with Crippen LogP contribution in [-0.2, 0) is 10.2 Å². The fourth-order valence-electron chi connectivity index (χ4n) is 1.70. The lowest BCUT2D eigenvalue weighted by molar-refractivity contribution is 0.167. The van der Waals surface area contributed by atoms with Gasteiger partial charge in [0.2, 0.25) is 0 Å². The highest BCUT2D eigenvalue weighted by atomic mass is 32.2. The molecular formula is C14H21NOSSi. The number of thioether (sulfide) groups is 1. The molecule has 1 rings (SSSR count). The summed E-state index contributed by atoms with van der Waals surface area (Å²) in [5, 5.41) is 9.28. The molecule has 1 aromatic rings. The maximum Gasteiger partial charge on any atom is 0.185 e. The first kappa shape index (κ1) is 15.3. The van der Waals surface area contributed by atoms with Crippen molar-refractivity contribution in [2.45, 2.75) is 37.9 Å². The van der Waals surface area contributed by atoms with Crippen LogP contribution in [0.4, 0.5) is 0 Å². The van der Waals surface area contributed by atoms with E-state index in [1.807, 2.05) is 25.1 Å². The third-order valence-electron chi connectivity index (χ3n) is 2.26. The van der Waals surface area contributed by atoms with Gasteiger partial charge in [-0.05, 0) is 32.1 Å². The van der Waals surface area contributed by atoms with E-state index in [1.54, 1.807) is 11.8 Å². The minimum atomic E-state index is -1.68. The second-order valence-corrected chi connectivity index (χ2v) is 10.9. The highest BCUT2D eigenvalue weighted by molar-refractivity contribution is 7.98. The summed E-state index contributed by atoms with van der Waals surface area (Å²) in [5.41, 5.74) is 0.625. The van der Waals surface area contributed by atoms with E-state index < -0.39 is 13.9 Å². The van der Waals surface area contributed by atoms with Gasteiger partial charge in [0.05, 0.1) is 6.07 Å². The van der Waals surface area contributed by atoms with Crippen molar-refractivity contribution in [1.82, 2.24) is 0 Å². The van der Waals surface area contributed by atoms with Crippen molar-refractivity contribution in [1.29, 1.82) is 5.26 Å².